The number of aryl methyl sites for hydroxylation is 1. The average molecular weight is 384 g/mol. The normalized spacial score (nSPS) is 17.6. The molecule has 4 rings (SSSR count). The Morgan fingerprint density at radius 1 is 1.14 bits per heavy atom. The molecule has 2 aromatic rings. The number of aromatic nitrogens is 3. The number of nitrogens with zero attached hydrogens (tertiary/aromatic N) is 3. The number of ether oxygens (including phenoxy) is 2. The number of piperidine rings is 1. The lowest BCUT2D eigenvalue weighted by atomic mass is 9.95. The highest BCUT2D eigenvalue weighted by Crippen LogP contribution is 2.38. The van der Waals surface area contributed by atoms with Crippen molar-refractivity contribution in [3.63, 3.8) is 0 Å². The zero-order chi connectivity index (χ0) is 19.5. The predicted molar refractivity (Wildman–Crippen MR) is 105 cm³/mol. The van der Waals surface area contributed by atoms with E-state index in [4.69, 9.17) is 9.47 Å². The third kappa shape index (κ3) is 4.13. The summed E-state index contributed by atoms with van der Waals surface area (Å²) in [6.07, 6.45) is 5.42. The van der Waals surface area contributed by atoms with Crippen LogP contribution in [-0.4, -0.2) is 53.3 Å². The summed E-state index contributed by atoms with van der Waals surface area (Å²) >= 11 is 0. The molecule has 0 atom stereocenters. The number of benzene rings is 1. The number of hydrogen-bond acceptors (Lipinski definition) is 5. The topological polar surface area (TPSA) is 80.3 Å². The third-order valence-corrected chi connectivity index (χ3v) is 5.79. The number of amides is 1. The van der Waals surface area contributed by atoms with Crippen molar-refractivity contribution in [3.05, 3.63) is 35.4 Å². The van der Waals surface area contributed by atoms with Gasteiger partial charge in [0.1, 0.15) is 17.3 Å². The first-order chi connectivity index (χ1) is 13.7. The molecular weight excluding hydrogens is 356 g/mol. The van der Waals surface area contributed by atoms with Crippen molar-refractivity contribution in [1.82, 2.24) is 20.1 Å². The highest BCUT2D eigenvalue weighted by Gasteiger charge is 2.30. The van der Waals surface area contributed by atoms with E-state index in [0.717, 1.165) is 54.6 Å². The molecule has 1 saturated heterocycles. The molecule has 2 aliphatic rings. The van der Waals surface area contributed by atoms with Crippen molar-refractivity contribution in [2.75, 3.05) is 27.3 Å². The SMILES string of the molecule is COc1ccc(OC)c(CCC(=O)N2CCC(c3nc(C4CC4)n[nH]3)CC2)c1. The Morgan fingerprint density at radius 3 is 2.61 bits per heavy atom. The van der Waals surface area contributed by atoms with Gasteiger partial charge in [-0.25, -0.2) is 4.98 Å². The number of hydrogen-bond donors (Lipinski definition) is 1. The Kier molecular flexibility index (Phi) is 5.50. The third-order valence-electron chi connectivity index (χ3n) is 5.79. The molecule has 150 valence electrons. The molecule has 1 amide bonds. The zero-order valence-electron chi connectivity index (χ0n) is 16.6. The molecule has 0 radical (unpaired) electrons. The Balaban J connectivity index is 1.29. The van der Waals surface area contributed by atoms with Crippen molar-refractivity contribution in [3.8, 4) is 11.5 Å². The number of methoxy groups -OCH3 is 2. The molecule has 1 saturated carbocycles. The van der Waals surface area contributed by atoms with Gasteiger partial charge in [0.25, 0.3) is 0 Å². The first-order valence-corrected chi connectivity index (χ1v) is 10.1. The van der Waals surface area contributed by atoms with Crippen LogP contribution in [0.4, 0.5) is 0 Å². The van der Waals surface area contributed by atoms with Gasteiger partial charge in [-0.05, 0) is 55.9 Å². The Hall–Kier alpha value is -2.57. The summed E-state index contributed by atoms with van der Waals surface area (Å²) in [6.45, 7) is 1.55. The van der Waals surface area contributed by atoms with E-state index in [1.807, 2.05) is 23.1 Å². The molecule has 2 fully saturated rings. The van der Waals surface area contributed by atoms with Gasteiger partial charge in [0.15, 0.2) is 5.82 Å². The van der Waals surface area contributed by atoms with Crippen molar-refractivity contribution >= 4 is 5.91 Å². The first kappa shape index (κ1) is 18.8. The highest BCUT2D eigenvalue weighted by molar-refractivity contribution is 5.76. The summed E-state index contributed by atoms with van der Waals surface area (Å²) in [6, 6.07) is 5.70. The summed E-state index contributed by atoms with van der Waals surface area (Å²) in [4.78, 5) is 19.3. The average Bonchev–Trinajstić information content (AvgIpc) is 3.48. The van der Waals surface area contributed by atoms with E-state index in [-0.39, 0.29) is 5.91 Å². The number of H-pyrrole nitrogens is 1. The number of rotatable bonds is 7. The molecule has 0 bridgehead atoms. The van der Waals surface area contributed by atoms with Crippen LogP contribution in [0.2, 0.25) is 0 Å². The fourth-order valence-corrected chi connectivity index (χ4v) is 3.87. The zero-order valence-corrected chi connectivity index (χ0v) is 16.6. The van der Waals surface area contributed by atoms with Gasteiger partial charge in [0.05, 0.1) is 14.2 Å². The second-order valence-electron chi connectivity index (χ2n) is 7.69. The van der Waals surface area contributed by atoms with Crippen LogP contribution in [-0.2, 0) is 11.2 Å². The van der Waals surface area contributed by atoms with Crippen LogP contribution < -0.4 is 9.47 Å². The molecule has 1 N–H and O–H groups in total. The largest absolute Gasteiger partial charge is 0.497 e. The van der Waals surface area contributed by atoms with Crippen molar-refractivity contribution < 1.29 is 14.3 Å². The predicted octanol–water partition coefficient (Wildman–Crippen LogP) is 3.04. The second-order valence-corrected chi connectivity index (χ2v) is 7.69. The lowest BCUT2D eigenvalue weighted by Crippen LogP contribution is -2.38. The minimum atomic E-state index is 0.194. The maximum absolute atomic E-state index is 12.7. The van der Waals surface area contributed by atoms with Gasteiger partial charge >= 0.3 is 0 Å². The van der Waals surface area contributed by atoms with Crippen molar-refractivity contribution in [2.24, 2.45) is 0 Å². The summed E-state index contributed by atoms with van der Waals surface area (Å²) < 4.78 is 10.7. The van der Waals surface area contributed by atoms with Crippen LogP contribution in [0.5, 0.6) is 11.5 Å². The molecule has 0 unspecified atom stereocenters. The van der Waals surface area contributed by atoms with E-state index < -0.39 is 0 Å². The Morgan fingerprint density at radius 2 is 1.93 bits per heavy atom. The maximum Gasteiger partial charge on any atom is 0.222 e. The number of likely N-dealkylation sites (tertiary alicyclic amines) is 1. The van der Waals surface area contributed by atoms with Crippen LogP contribution >= 0.6 is 0 Å². The molecule has 7 heteroatoms. The van der Waals surface area contributed by atoms with Crippen LogP contribution in [0, 0.1) is 0 Å². The summed E-state index contributed by atoms with van der Waals surface area (Å²) in [5, 5.41) is 7.48. The van der Waals surface area contributed by atoms with E-state index in [1.54, 1.807) is 14.2 Å². The molecular formula is C21H28N4O3. The Bertz CT molecular complexity index is 823. The van der Waals surface area contributed by atoms with Gasteiger partial charge in [0, 0.05) is 31.3 Å². The first-order valence-electron chi connectivity index (χ1n) is 10.1. The van der Waals surface area contributed by atoms with E-state index >= 15 is 0 Å². The molecule has 2 heterocycles. The fourth-order valence-electron chi connectivity index (χ4n) is 3.87. The standard InChI is InChI=1S/C21H28N4O3/c1-27-17-6-7-18(28-2)16(13-17)5-8-19(26)25-11-9-15(10-12-25)21-22-20(23-24-21)14-3-4-14/h6-7,13-15H,3-5,8-12H2,1-2H3,(H,22,23,24). The number of carbonyl (C=O) groups is 1. The molecule has 1 aliphatic carbocycles. The van der Waals surface area contributed by atoms with Gasteiger partial charge in [-0.3, -0.25) is 9.89 Å². The van der Waals surface area contributed by atoms with E-state index in [2.05, 4.69) is 15.2 Å². The summed E-state index contributed by atoms with van der Waals surface area (Å²) in [7, 11) is 3.29. The van der Waals surface area contributed by atoms with Crippen LogP contribution in [0.25, 0.3) is 0 Å². The quantitative estimate of drug-likeness (QED) is 0.794. The summed E-state index contributed by atoms with van der Waals surface area (Å²) in [5.74, 6) is 4.68. The molecule has 1 aromatic heterocycles. The van der Waals surface area contributed by atoms with Gasteiger partial charge in [0.2, 0.25) is 5.91 Å². The molecule has 1 aliphatic heterocycles. The van der Waals surface area contributed by atoms with Gasteiger partial charge in [-0.15, -0.1) is 0 Å². The number of nitrogens with one attached hydrogen (secondary N) is 1. The number of aromatic amines is 1. The highest BCUT2D eigenvalue weighted by atomic mass is 16.5. The Labute approximate surface area is 165 Å². The van der Waals surface area contributed by atoms with E-state index in [1.165, 1.54) is 12.8 Å². The lowest BCUT2D eigenvalue weighted by Gasteiger charge is -2.31. The monoisotopic (exact) mass is 384 g/mol. The maximum atomic E-state index is 12.7. The minimum Gasteiger partial charge on any atom is -0.497 e. The van der Waals surface area contributed by atoms with Crippen LogP contribution in [0.15, 0.2) is 18.2 Å². The number of carbonyl (C=O) groups excluding carboxylic acids is 1. The molecule has 7 nitrogen and oxygen atoms in total. The van der Waals surface area contributed by atoms with Crippen LogP contribution in [0.1, 0.15) is 61.2 Å². The minimum absolute atomic E-state index is 0.194. The van der Waals surface area contributed by atoms with E-state index in [0.29, 0.717) is 24.7 Å². The molecule has 28 heavy (non-hydrogen) atoms. The van der Waals surface area contributed by atoms with Crippen molar-refractivity contribution in [2.45, 2.75) is 50.4 Å². The summed E-state index contributed by atoms with van der Waals surface area (Å²) in [5.41, 5.74) is 0.999. The van der Waals surface area contributed by atoms with Gasteiger partial charge in [-0.2, -0.15) is 5.10 Å². The van der Waals surface area contributed by atoms with E-state index in [9.17, 15) is 4.79 Å². The fraction of sp³-hybridized carbons (Fsp3) is 0.571. The van der Waals surface area contributed by atoms with Gasteiger partial charge < -0.3 is 14.4 Å². The lowest BCUT2D eigenvalue weighted by molar-refractivity contribution is -0.132. The molecule has 1 aromatic carbocycles. The smallest absolute Gasteiger partial charge is 0.222 e. The second kappa shape index (κ2) is 8.20. The van der Waals surface area contributed by atoms with Crippen LogP contribution in [0.3, 0.4) is 0 Å². The molecule has 0 spiro atoms. The van der Waals surface area contributed by atoms with Crippen molar-refractivity contribution in [1.29, 1.82) is 0 Å². The van der Waals surface area contributed by atoms with Gasteiger partial charge in [-0.1, -0.05) is 0 Å².